The Bertz CT molecular complexity index is 1920. The molecule has 52 heavy (non-hydrogen) atoms. The van der Waals surface area contributed by atoms with Crippen LogP contribution in [0.15, 0.2) is 98.9 Å². The predicted octanol–water partition coefficient (Wildman–Crippen LogP) is 3.57. The molecule has 4 atom stereocenters. The topological polar surface area (TPSA) is 115 Å². The SMILES string of the molecule is CCOC(=O)C1=C(CN2C[C@@H]3C[C@@H](C2)c2cccc(=O)n2C3)NC(CN2C[C@@H]3C[C@@H](C2)c2cccc(=O)n2C3)=C(C(=O)OCC)C1c1ccccc1. The van der Waals surface area contributed by atoms with Gasteiger partial charge >= 0.3 is 11.9 Å². The average Bonchev–Trinajstić information content (AvgIpc) is 3.13. The van der Waals surface area contributed by atoms with E-state index < -0.39 is 17.9 Å². The number of nitrogens with zero attached hydrogens (tertiary/aromatic N) is 4. The van der Waals surface area contributed by atoms with E-state index in [1.807, 2.05) is 51.6 Å². The number of fused-ring (bicyclic) bond motifs is 8. The molecule has 1 aromatic carbocycles. The van der Waals surface area contributed by atoms with E-state index in [0.717, 1.165) is 67.4 Å². The molecule has 0 saturated carbocycles. The van der Waals surface area contributed by atoms with E-state index in [4.69, 9.17) is 9.47 Å². The molecule has 5 aliphatic rings. The van der Waals surface area contributed by atoms with Crippen molar-refractivity contribution in [2.24, 2.45) is 11.8 Å². The molecule has 11 heteroatoms. The van der Waals surface area contributed by atoms with Crippen LogP contribution >= 0.6 is 0 Å². The summed E-state index contributed by atoms with van der Waals surface area (Å²) in [6.45, 7) is 9.32. The number of likely N-dealkylation sites (tertiary alicyclic amines) is 2. The molecule has 0 spiro atoms. The fraction of sp³-hybridized carbons (Fsp3) is 0.463. The van der Waals surface area contributed by atoms with Gasteiger partial charge in [-0.2, -0.15) is 0 Å². The van der Waals surface area contributed by atoms with Crippen LogP contribution in [-0.2, 0) is 32.2 Å². The molecule has 3 aromatic rings. The standard InChI is InChI=1S/C41H47N5O6/c1-3-51-40(49)38-31(24-43-18-26-16-29(22-43)33-12-8-14-35(47)45(33)20-26)42-32(39(41(50)52-4-2)37(38)28-10-6-5-7-11-28)25-44-19-27-17-30(23-44)34-13-9-15-36(48)46(34)21-27/h5-15,26-27,29-30,37,42H,3-4,16-25H2,1-2H3/t26-,27-,29-,30-/m0/s1. The summed E-state index contributed by atoms with van der Waals surface area (Å²) in [5.74, 6) is -0.589. The van der Waals surface area contributed by atoms with Crippen molar-refractivity contribution < 1.29 is 19.1 Å². The van der Waals surface area contributed by atoms with Crippen molar-refractivity contribution in [1.82, 2.24) is 24.3 Å². The van der Waals surface area contributed by atoms with Crippen LogP contribution in [0.3, 0.4) is 0 Å². The minimum Gasteiger partial charge on any atom is -0.463 e. The zero-order valence-electron chi connectivity index (χ0n) is 30.0. The number of aromatic nitrogens is 2. The van der Waals surface area contributed by atoms with Gasteiger partial charge in [-0.3, -0.25) is 19.4 Å². The smallest absolute Gasteiger partial charge is 0.336 e. The molecule has 11 nitrogen and oxygen atoms in total. The molecule has 2 aromatic heterocycles. The van der Waals surface area contributed by atoms with Crippen molar-refractivity contribution in [1.29, 1.82) is 0 Å². The van der Waals surface area contributed by atoms with Crippen LogP contribution in [0.5, 0.6) is 0 Å². The van der Waals surface area contributed by atoms with E-state index in [9.17, 15) is 19.2 Å². The number of nitrogens with one attached hydrogen (secondary N) is 1. The largest absolute Gasteiger partial charge is 0.463 e. The number of hydrogen-bond donors (Lipinski definition) is 1. The third kappa shape index (κ3) is 6.45. The summed E-state index contributed by atoms with van der Waals surface area (Å²) in [5, 5.41) is 3.68. The van der Waals surface area contributed by atoms with E-state index in [2.05, 4.69) is 27.2 Å². The molecule has 0 aliphatic carbocycles. The first-order valence-corrected chi connectivity index (χ1v) is 18.8. The number of pyridine rings is 2. The molecule has 0 amide bonds. The molecule has 7 heterocycles. The Hall–Kier alpha value is -4.74. The monoisotopic (exact) mass is 705 g/mol. The fourth-order valence-electron chi connectivity index (χ4n) is 9.63. The zero-order chi connectivity index (χ0) is 35.9. The lowest BCUT2D eigenvalue weighted by atomic mass is 9.79. The summed E-state index contributed by atoms with van der Waals surface area (Å²) in [5.41, 5.74) is 5.36. The van der Waals surface area contributed by atoms with Gasteiger partial charge < -0.3 is 23.9 Å². The minimum atomic E-state index is -0.697. The number of ether oxygens (including phenoxy) is 2. The summed E-state index contributed by atoms with van der Waals surface area (Å²) in [4.78, 5) is 58.5. The van der Waals surface area contributed by atoms with Crippen LogP contribution in [0.4, 0.5) is 0 Å². The molecule has 0 unspecified atom stereocenters. The Morgan fingerprint density at radius 3 is 1.58 bits per heavy atom. The average molecular weight is 706 g/mol. The molecule has 5 aliphatic heterocycles. The van der Waals surface area contributed by atoms with E-state index in [1.54, 1.807) is 26.0 Å². The van der Waals surface area contributed by atoms with Crippen LogP contribution in [-0.4, -0.2) is 83.4 Å². The van der Waals surface area contributed by atoms with E-state index in [-0.39, 0.29) is 36.2 Å². The van der Waals surface area contributed by atoms with Crippen molar-refractivity contribution in [3.8, 4) is 0 Å². The van der Waals surface area contributed by atoms with Crippen LogP contribution < -0.4 is 16.4 Å². The van der Waals surface area contributed by atoms with Gasteiger partial charge in [-0.25, -0.2) is 9.59 Å². The third-order valence-corrected chi connectivity index (χ3v) is 11.5. The zero-order valence-corrected chi connectivity index (χ0v) is 30.0. The number of hydrogen-bond acceptors (Lipinski definition) is 9. The molecule has 2 fully saturated rings. The number of benzene rings is 1. The van der Waals surface area contributed by atoms with Crippen LogP contribution in [0.2, 0.25) is 0 Å². The van der Waals surface area contributed by atoms with Gasteiger partial charge in [-0.15, -0.1) is 0 Å². The maximum absolute atomic E-state index is 14.1. The van der Waals surface area contributed by atoms with E-state index in [0.29, 0.717) is 49.2 Å². The maximum Gasteiger partial charge on any atom is 0.336 e. The van der Waals surface area contributed by atoms with Crippen molar-refractivity contribution in [2.75, 3.05) is 52.5 Å². The summed E-state index contributed by atoms with van der Waals surface area (Å²) in [6, 6.07) is 20.8. The van der Waals surface area contributed by atoms with Crippen LogP contribution in [0.1, 0.15) is 61.4 Å². The summed E-state index contributed by atoms with van der Waals surface area (Å²) >= 11 is 0. The molecule has 2 saturated heterocycles. The Morgan fingerprint density at radius 1 is 0.635 bits per heavy atom. The van der Waals surface area contributed by atoms with Gasteiger partial charge in [0.05, 0.1) is 30.3 Å². The molecule has 0 radical (unpaired) electrons. The highest BCUT2D eigenvalue weighted by Gasteiger charge is 2.43. The number of rotatable bonds is 9. The van der Waals surface area contributed by atoms with Gasteiger partial charge in [-0.1, -0.05) is 42.5 Å². The lowest BCUT2D eigenvalue weighted by Crippen LogP contribution is -2.50. The summed E-state index contributed by atoms with van der Waals surface area (Å²) in [6.07, 6.45) is 2.04. The summed E-state index contributed by atoms with van der Waals surface area (Å²) < 4.78 is 15.4. The normalized spacial score (nSPS) is 24.5. The minimum absolute atomic E-state index is 0.0475. The number of carbonyl (C=O) groups is 2. The second-order valence-corrected chi connectivity index (χ2v) is 15.0. The second-order valence-electron chi connectivity index (χ2n) is 15.0. The lowest BCUT2D eigenvalue weighted by molar-refractivity contribution is -0.139. The van der Waals surface area contributed by atoms with Crippen LogP contribution in [0, 0.1) is 11.8 Å². The molecule has 1 N–H and O–H groups in total. The highest BCUT2D eigenvalue weighted by molar-refractivity contribution is 6.00. The van der Waals surface area contributed by atoms with Crippen molar-refractivity contribution in [2.45, 2.75) is 57.5 Å². The van der Waals surface area contributed by atoms with Gasteiger partial charge in [0.25, 0.3) is 11.1 Å². The quantitative estimate of drug-likeness (QED) is 0.334. The number of esters is 2. The highest BCUT2D eigenvalue weighted by atomic mass is 16.5. The molecule has 272 valence electrons. The fourth-order valence-corrected chi connectivity index (χ4v) is 9.63. The van der Waals surface area contributed by atoms with E-state index in [1.165, 1.54) is 0 Å². The van der Waals surface area contributed by atoms with Crippen molar-refractivity contribution in [3.05, 3.63) is 127 Å². The van der Waals surface area contributed by atoms with Gasteiger partial charge in [0.15, 0.2) is 0 Å². The van der Waals surface area contributed by atoms with Gasteiger partial charge in [0.2, 0.25) is 0 Å². The third-order valence-electron chi connectivity index (χ3n) is 11.5. The first-order valence-electron chi connectivity index (χ1n) is 18.8. The molecule has 8 rings (SSSR count). The van der Waals surface area contributed by atoms with Gasteiger partial charge in [0, 0.05) is 99.1 Å². The number of dihydropyridines is 1. The van der Waals surface area contributed by atoms with Crippen molar-refractivity contribution >= 4 is 11.9 Å². The Morgan fingerprint density at radius 2 is 1.12 bits per heavy atom. The van der Waals surface area contributed by atoms with Crippen LogP contribution in [0.25, 0.3) is 0 Å². The summed E-state index contributed by atoms with van der Waals surface area (Å²) in [7, 11) is 0. The number of piperidine rings is 2. The number of carbonyl (C=O) groups excluding carboxylic acids is 2. The highest BCUT2D eigenvalue weighted by Crippen LogP contribution is 2.42. The Kier molecular flexibility index (Phi) is 9.48. The predicted molar refractivity (Wildman–Crippen MR) is 196 cm³/mol. The van der Waals surface area contributed by atoms with E-state index >= 15 is 0 Å². The second kappa shape index (κ2) is 14.4. The van der Waals surface area contributed by atoms with Crippen molar-refractivity contribution in [3.63, 3.8) is 0 Å². The first kappa shape index (κ1) is 34.4. The maximum atomic E-state index is 14.1. The lowest BCUT2D eigenvalue weighted by Gasteiger charge is -2.45. The molecular formula is C41H47N5O6. The Balaban J connectivity index is 1.18. The van der Waals surface area contributed by atoms with Gasteiger partial charge in [0.1, 0.15) is 0 Å². The Labute approximate surface area is 303 Å². The first-order chi connectivity index (χ1) is 25.3. The molecular weight excluding hydrogens is 658 g/mol. The molecule has 4 bridgehead atoms. The van der Waals surface area contributed by atoms with Gasteiger partial charge in [-0.05, 0) is 56.2 Å².